The van der Waals surface area contributed by atoms with Gasteiger partial charge in [-0.25, -0.2) is 0 Å². The number of hydrogen-bond acceptors (Lipinski definition) is 5. The number of carbonyl (C=O) groups is 1. The Hall–Kier alpha value is -2.41. The van der Waals surface area contributed by atoms with Crippen molar-refractivity contribution < 1.29 is 24.5 Å². The predicted octanol–water partition coefficient (Wildman–Crippen LogP) is 5.64. The van der Waals surface area contributed by atoms with Gasteiger partial charge in [-0.2, -0.15) is 0 Å². The molecule has 1 amide bonds. The molecule has 2 aliphatic rings. The fourth-order valence-electron chi connectivity index (χ4n) is 6.20. The van der Waals surface area contributed by atoms with Gasteiger partial charge in [0.2, 0.25) is 0 Å². The molecule has 1 aliphatic heterocycles. The van der Waals surface area contributed by atoms with E-state index in [1.165, 1.54) is 0 Å². The number of nitrogens with zero attached hydrogens (tertiary/aromatic N) is 1. The third kappa shape index (κ3) is 6.02. The third-order valence-electron chi connectivity index (χ3n) is 8.34. The van der Waals surface area contributed by atoms with Crippen LogP contribution < -0.4 is 4.74 Å². The number of aryl methyl sites for hydroxylation is 2. The van der Waals surface area contributed by atoms with Crippen LogP contribution in [-0.4, -0.2) is 53.4 Å². The Bertz CT molecular complexity index is 1040. The van der Waals surface area contributed by atoms with Crippen molar-refractivity contribution in [1.29, 1.82) is 0 Å². The quantitative estimate of drug-likeness (QED) is 0.405. The Balaban J connectivity index is 1.66. The number of para-hydroxylation sites is 2. The van der Waals surface area contributed by atoms with E-state index in [4.69, 9.17) is 9.47 Å². The van der Waals surface area contributed by atoms with Crippen molar-refractivity contribution in [3.63, 3.8) is 0 Å². The maximum Gasteiger partial charge on any atom is 0.254 e. The molecule has 1 saturated carbocycles. The molecule has 4 rings (SSSR count). The maximum atomic E-state index is 13.4. The Kier molecular flexibility index (Phi) is 8.94. The van der Waals surface area contributed by atoms with Gasteiger partial charge in [0.15, 0.2) is 0 Å². The van der Waals surface area contributed by atoms with E-state index in [2.05, 4.69) is 0 Å². The van der Waals surface area contributed by atoms with Gasteiger partial charge < -0.3 is 24.6 Å². The number of rotatable bonds is 10. The summed E-state index contributed by atoms with van der Waals surface area (Å²) in [6, 6.07) is 13.8. The van der Waals surface area contributed by atoms with E-state index in [0.29, 0.717) is 44.7 Å². The predicted molar refractivity (Wildman–Crippen MR) is 145 cm³/mol. The highest BCUT2D eigenvalue weighted by Gasteiger charge is 2.47. The molecular weight excluding hydrogens is 466 g/mol. The summed E-state index contributed by atoms with van der Waals surface area (Å²) in [6.07, 6.45) is 6.59. The van der Waals surface area contributed by atoms with Crippen LogP contribution in [0.5, 0.6) is 11.5 Å². The summed E-state index contributed by atoms with van der Waals surface area (Å²) in [4.78, 5) is 15.2. The minimum absolute atomic E-state index is 0.166. The van der Waals surface area contributed by atoms with Gasteiger partial charge in [0.25, 0.3) is 5.91 Å². The van der Waals surface area contributed by atoms with Gasteiger partial charge in [0.05, 0.1) is 5.60 Å². The van der Waals surface area contributed by atoms with Crippen LogP contribution in [0, 0.1) is 19.8 Å². The molecule has 6 nitrogen and oxygen atoms in total. The molecule has 2 aromatic rings. The summed E-state index contributed by atoms with van der Waals surface area (Å²) < 4.78 is 11.8. The summed E-state index contributed by atoms with van der Waals surface area (Å²) in [5, 5.41) is 23.5. The van der Waals surface area contributed by atoms with Crippen LogP contribution in [0.4, 0.5) is 0 Å². The van der Waals surface area contributed by atoms with Crippen molar-refractivity contribution in [2.75, 3.05) is 26.8 Å². The Morgan fingerprint density at radius 3 is 2.46 bits per heavy atom. The average molecular weight is 510 g/mol. The number of amides is 1. The first-order valence-corrected chi connectivity index (χ1v) is 13.8. The van der Waals surface area contributed by atoms with Crippen LogP contribution in [0.15, 0.2) is 42.5 Å². The molecule has 0 radical (unpaired) electrons. The molecular formula is C31H43NO5. The summed E-state index contributed by atoms with van der Waals surface area (Å²) in [7, 11) is 1.69. The molecule has 0 bridgehead atoms. The number of methoxy groups -OCH3 is 1. The van der Waals surface area contributed by atoms with E-state index in [9.17, 15) is 15.0 Å². The van der Waals surface area contributed by atoms with E-state index < -0.39 is 11.2 Å². The first kappa shape index (κ1) is 27.6. The van der Waals surface area contributed by atoms with Crippen LogP contribution in [0.25, 0.3) is 0 Å². The Morgan fingerprint density at radius 1 is 1.05 bits per heavy atom. The molecule has 2 N–H and O–H groups in total. The SMILES string of the molecule is COCCCC[C@@](O)(c1ccccc1Oc1c(C)cccc1C)[C@@H]1CCCN(C(=O)C2(O)CCCC2)C1. The molecule has 1 aliphatic carbocycles. The lowest BCUT2D eigenvalue weighted by Crippen LogP contribution is -2.54. The third-order valence-corrected chi connectivity index (χ3v) is 8.34. The first-order valence-electron chi connectivity index (χ1n) is 13.8. The fraction of sp³-hybridized carbons (Fsp3) is 0.581. The molecule has 202 valence electrons. The monoisotopic (exact) mass is 509 g/mol. The van der Waals surface area contributed by atoms with Crippen LogP contribution in [0.2, 0.25) is 0 Å². The highest BCUT2D eigenvalue weighted by Crippen LogP contribution is 2.45. The van der Waals surface area contributed by atoms with Gasteiger partial charge in [-0.15, -0.1) is 0 Å². The molecule has 2 fully saturated rings. The molecule has 0 aromatic heterocycles. The smallest absolute Gasteiger partial charge is 0.254 e. The number of aliphatic hydroxyl groups is 2. The van der Waals surface area contributed by atoms with Crippen LogP contribution >= 0.6 is 0 Å². The first-order chi connectivity index (χ1) is 17.8. The number of likely N-dealkylation sites (tertiary alicyclic amines) is 1. The van der Waals surface area contributed by atoms with Crippen LogP contribution in [0.1, 0.15) is 74.5 Å². The molecule has 1 saturated heterocycles. The van der Waals surface area contributed by atoms with E-state index in [1.807, 2.05) is 56.3 Å². The lowest BCUT2D eigenvalue weighted by molar-refractivity contribution is -0.155. The van der Waals surface area contributed by atoms with E-state index in [-0.39, 0.29) is 11.8 Å². The van der Waals surface area contributed by atoms with Gasteiger partial charge in [0, 0.05) is 38.3 Å². The zero-order valence-corrected chi connectivity index (χ0v) is 22.7. The molecule has 2 atom stereocenters. The summed E-state index contributed by atoms with van der Waals surface area (Å²) in [6.45, 7) is 5.75. The van der Waals surface area contributed by atoms with Gasteiger partial charge in [-0.1, -0.05) is 36.4 Å². The second-order valence-corrected chi connectivity index (χ2v) is 11.0. The number of unbranched alkanes of at least 4 members (excludes halogenated alkanes) is 1. The van der Waals surface area contributed by atoms with Crippen molar-refractivity contribution in [3.05, 3.63) is 59.2 Å². The highest BCUT2D eigenvalue weighted by atomic mass is 16.5. The molecule has 1 heterocycles. The van der Waals surface area contributed by atoms with Crippen LogP contribution in [0.3, 0.4) is 0 Å². The van der Waals surface area contributed by atoms with Crippen molar-refractivity contribution in [3.8, 4) is 11.5 Å². The van der Waals surface area contributed by atoms with Crippen LogP contribution in [-0.2, 0) is 15.1 Å². The Labute approximate surface area is 221 Å². The molecule has 37 heavy (non-hydrogen) atoms. The van der Waals surface area contributed by atoms with Gasteiger partial charge in [-0.3, -0.25) is 4.79 Å². The number of carbonyl (C=O) groups excluding carboxylic acids is 1. The largest absolute Gasteiger partial charge is 0.456 e. The lowest BCUT2D eigenvalue weighted by Gasteiger charge is -2.44. The van der Waals surface area contributed by atoms with E-state index in [1.54, 1.807) is 12.0 Å². The summed E-state index contributed by atoms with van der Waals surface area (Å²) in [5.74, 6) is 1.12. The number of ether oxygens (including phenoxy) is 2. The highest BCUT2D eigenvalue weighted by molar-refractivity contribution is 5.85. The second kappa shape index (κ2) is 12.0. The summed E-state index contributed by atoms with van der Waals surface area (Å²) >= 11 is 0. The minimum atomic E-state index is -1.25. The number of benzene rings is 2. The zero-order chi connectivity index (χ0) is 26.5. The zero-order valence-electron chi connectivity index (χ0n) is 22.7. The van der Waals surface area contributed by atoms with E-state index >= 15 is 0 Å². The minimum Gasteiger partial charge on any atom is -0.456 e. The lowest BCUT2D eigenvalue weighted by atomic mass is 9.73. The molecule has 0 spiro atoms. The normalized spacial score (nSPS) is 21.0. The molecule has 6 heteroatoms. The average Bonchev–Trinajstić information content (AvgIpc) is 3.36. The maximum absolute atomic E-state index is 13.4. The Morgan fingerprint density at radius 2 is 1.76 bits per heavy atom. The topological polar surface area (TPSA) is 79.2 Å². The van der Waals surface area contributed by atoms with Gasteiger partial charge in [-0.05, 0) is 88.8 Å². The van der Waals surface area contributed by atoms with Gasteiger partial charge in [0.1, 0.15) is 17.1 Å². The van der Waals surface area contributed by atoms with Crippen molar-refractivity contribution >= 4 is 5.91 Å². The van der Waals surface area contributed by atoms with Gasteiger partial charge >= 0.3 is 0 Å². The summed E-state index contributed by atoms with van der Waals surface area (Å²) in [5.41, 5.74) is 0.407. The van der Waals surface area contributed by atoms with Crippen molar-refractivity contribution in [2.24, 2.45) is 5.92 Å². The fourth-order valence-corrected chi connectivity index (χ4v) is 6.20. The number of hydrogen-bond donors (Lipinski definition) is 2. The molecule has 2 aromatic carbocycles. The van der Waals surface area contributed by atoms with Crippen molar-refractivity contribution in [1.82, 2.24) is 4.90 Å². The second-order valence-electron chi connectivity index (χ2n) is 11.0. The molecule has 0 unspecified atom stereocenters. The number of piperidine rings is 1. The van der Waals surface area contributed by atoms with Crippen molar-refractivity contribution in [2.45, 2.75) is 82.8 Å². The van der Waals surface area contributed by atoms with E-state index in [0.717, 1.165) is 61.0 Å². The standard InChI is InChI=1S/C31H43NO5/c1-23-12-10-13-24(2)28(23)37-27-16-5-4-15-26(27)31(35,19-8-9-21-36-3)25-14-11-20-32(22-25)29(33)30(34)17-6-7-18-30/h4-5,10,12-13,15-16,25,34-35H,6-9,11,14,17-22H2,1-3H3/t25-,31+/m1/s1.